The summed E-state index contributed by atoms with van der Waals surface area (Å²) in [6.07, 6.45) is 0. The van der Waals surface area contributed by atoms with E-state index >= 15 is 0 Å². The van der Waals surface area contributed by atoms with Crippen LogP contribution in [-0.2, 0) is 16.1 Å². The second kappa shape index (κ2) is 7.00. The molecule has 0 saturated carbocycles. The number of fused-ring (bicyclic) bond motifs is 1. The lowest BCUT2D eigenvalue weighted by Crippen LogP contribution is -2.52. The Bertz CT molecular complexity index is 863. The minimum Gasteiger partial charge on any atom is -0.476 e. The summed E-state index contributed by atoms with van der Waals surface area (Å²) in [6, 6.07) is 12.3. The van der Waals surface area contributed by atoms with Gasteiger partial charge in [0.2, 0.25) is 0 Å². The van der Waals surface area contributed by atoms with Gasteiger partial charge in [0.1, 0.15) is 5.75 Å². The monoisotopic (exact) mass is 373 g/mol. The van der Waals surface area contributed by atoms with Gasteiger partial charge in [0.15, 0.2) is 5.60 Å². The predicted molar refractivity (Wildman–Crippen MR) is 99.7 cm³/mol. The highest BCUT2D eigenvalue weighted by molar-refractivity contribution is 6.31. The standard InChI is InChI=1S/C20H20ClNO4/c1-4-25-18(23)14-7-5-6-13(10-14)12-22-16-11-15(21)8-9-17(16)26-20(2,3)19(22)24/h5-11H,4,12H2,1-3H3. The first-order valence-electron chi connectivity index (χ1n) is 8.38. The summed E-state index contributed by atoms with van der Waals surface area (Å²) in [4.78, 5) is 26.5. The van der Waals surface area contributed by atoms with E-state index in [1.54, 1.807) is 62.1 Å². The van der Waals surface area contributed by atoms with Crippen LogP contribution in [0.25, 0.3) is 0 Å². The zero-order chi connectivity index (χ0) is 18.9. The van der Waals surface area contributed by atoms with Crippen molar-refractivity contribution in [1.82, 2.24) is 0 Å². The number of halogens is 1. The van der Waals surface area contributed by atoms with E-state index < -0.39 is 5.60 Å². The highest BCUT2D eigenvalue weighted by atomic mass is 35.5. The summed E-state index contributed by atoms with van der Waals surface area (Å²) in [7, 11) is 0. The van der Waals surface area contributed by atoms with Crippen LogP contribution in [0.15, 0.2) is 42.5 Å². The molecule has 0 radical (unpaired) electrons. The number of nitrogens with zero attached hydrogens (tertiary/aromatic N) is 1. The molecule has 2 aromatic rings. The Morgan fingerprint density at radius 3 is 2.73 bits per heavy atom. The van der Waals surface area contributed by atoms with Crippen molar-refractivity contribution in [2.45, 2.75) is 32.9 Å². The van der Waals surface area contributed by atoms with Crippen LogP contribution in [0.2, 0.25) is 5.02 Å². The zero-order valence-electron chi connectivity index (χ0n) is 14.9. The van der Waals surface area contributed by atoms with Crippen LogP contribution in [0.3, 0.4) is 0 Å². The number of esters is 1. The molecule has 2 aromatic carbocycles. The van der Waals surface area contributed by atoms with Crippen LogP contribution in [-0.4, -0.2) is 24.1 Å². The summed E-state index contributed by atoms with van der Waals surface area (Å²) in [5.41, 5.74) is 0.895. The number of hydrogen-bond donors (Lipinski definition) is 0. The Morgan fingerprint density at radius 1 is 1.23 bits per heavy atom. The Morgan fingerprint density at radius 2 is 2.00 bits per heavy atom. The molecular formula is C20H20ClNO4. The summed E-state index contributed by atoms with van der Waals surface area (Å²) >= 11 is 6.11. The first-order valence-corrected chi connectivity index (χ1v) is 8.76. The second-order valence-electron chi connectivity index (χ2n) is 6.54. The van der Waals surface area contributed by atoms with Gasteiger partial charge in [0.05, 0.1) is 24.4 Å². The zero-order valence-corrected chi connectivity index (χ0v) is 15.7. The van der Waals surface area contributed by atoms with E-state index in [1.165, 1.54) is 0 Å². The third-order valence-electron chi connectivity index (χ3n) is 4.12. The Hall–Kier alpha value is -2.53. The first kappa shape index (κ1) is 18.3. The second-order valence-corrected chi connectivity index (χ2v) is 6.97. The number of carbonyl (C=O) groups is 2. The Kier molecular flexibility index (Phi) is 4.92. The first-order chi connectivity index (χ1) is 12.3. The molecule has 0 fully saturated rings. The van der Waals surface area contributed by atoms with Crippen molar-refractivity contribution < 1.29 is 19.1 Å². The number of carbonyl (C=O) groups excluding carboxylic acids is 2. The lowest BCUT2D eigenvalue weighted by atomic mass is 10.0. The summed E-state index contributed by atoms with van der Waals surface area (Å²) in [6.45, 7) is 5.83. The van der Waals surface area contributed by atoms with Crippen molar-refractivity contribution in [2.75, 3.05) is 11.5 Å². The van der Waals surface area contributed by atoms with Crippen molar-refractivity contribution in [1.29, 1.82) is 0 Å². The molecule has 5 nitrogen and oxygen atoms in total. The Labute approximate surface area is 157 Å². The lowest BCUT2D eigenvalue weighted by Gasteiger charge is -2.39. The third kappa shape index (κ3) is 3.53. The van der Waals surface area contributed by atoms with Crippen molar-refractivity contribution in [2.24, 2.45) is 0 Å². The number of amides is 1. The quantitative estimate of drug-likeness (QED) is 0.753. The highest BCUT2D eigenvalue weighted by Crippen LogP contribution is 2.40. The lowest BCUT2D eigenvalue weighted by molar-refractivity contribution is -0.132. The van der Waals surface area contributed by atoms with Crippen molar-refractivity contribution in [3.8, 4) is 5.75 Å². The Balaban J connectivity index is 1.96. The molecular weight excluding hydrogens is 354 g/mol. The molecule has 3 rings (SSSR count). The predicted octanol–water partition coefficient (Wildman–Crippen LogP) is 4.22. The fourth-order valence-electron chi connectivity index (χ4n) is 2.89. The minimum absolute atomic E-state index is 0.172. The molecule has 1 aliphatic heterocycles. The van der Waals surface area contributed by atoms with E-state index in [0.717, 1.165) is 5.56 Å². The van der Waals surface area contributed by atoms with Crippen LogP contribution in [0.4, 0.5) is 5.69 Å². The smallest absolute Gasteiger partial charge is 0.338 e. The topological polar surface area (TPSA) is 55.8 Å². The highest BCUT2D eigenvalue weighted by Gasteiger charge is 2.41. The summed E-state index contributed by atoms with van der Waals surface area (Å²) < 4.78 is 10.9. The van der Waals surface area contributed by atoms with Gasteiger partial charge in [-0.3, -0.25) is 4.79 Å². The van der Waals surface area contributed by atoms with Gasteiger partial charge in [0.25, 0.3) is 5.91 Å². The fraction of sp³-hybridized carbons (Fsp3) is 0.300. The molecule has 0 aromatic heterocycles. The number of rotatable bonds is 4. The van der Waals surface area contributed by atoms with Crippen LogP contribution < -0.4 is 9.64 Å². The maximum absolute atomic E-state index is 12.9. The van der Waals surface area contributed by atoms with E-state index in [2.05, 4.69) is 0 Å². The molecule has 136 valence electrons. The van der Waals surface area contributed by atoms with Gasteiger partial charge in [-0.15, -0.1) is 0 Å². The van der Waals surface area contributed by atoms with Gasteiger partial charge in [0, 0.05) is 5.02 Å². The SMILES string of the molecule is CCOC(=O)c1cccc(CN2C(=O)C(C)(C)Oc3ccc(Cl)cc32)c1. The molecule has 0 bridgehead atoms. The van der Waals surface area contributed by atoms with Crippen LogP contribution in [0, 0.1) is 0 Å². The van der Waals surface area contributed by atoms with E-state index in [9.17, 15) is 9.59 Å². The normalized spacial score (nSPS) is 15.2. The van der Waals surface area contributed by atoms with E-state index in [0.29, 0.717) is 35.2 Å². The average Bonchev–Trinajstić information content (AvgIpc) is 2.60. The van der Waals surface area contributed by atoms with E-state index in [4.69, 9.17) is 21.1 Å². The van der Waals surface area contributed by atoms with Gasteiger partial charge < -0.3 is 14.4 Å². The van der Waals surface area contributed by atoms with Gasteiger partial charge in [-0.1, -0.05) is 23.7 Å². The average molecular weight is 374 g/mol. The molecule has 26 heavy (non-hydrogen) atoms. The van der Waals surface area contributed by atoms with Crippen molar-refractivity contribution in [3.63, 3.8) is 0 Å². The van der Waals surface area contributed by atoms with Crippen molar-refractivity contribution >= 4 is 29.2 Å². The van der Waals surface area contributed by atoms with E-state index in [1.807, 2.05) is 6.07 Å². The number of anilines is 1. The van der Waals surface area contributed by atoms with Gasteiger partial charge in [-0.05, 0) is 56.7 Å². The number of hydrogen-bond acceptors (Lipinski definition) is 4. The molecule has 1 amide bonds. The summed E-state index contributed by atoms with van der Waals surface area (Å²) in [5, 5.41) is 0.519. The molecule has 6 heteroatoms. The fourth-order valence-corrected chi connectivity index (χ4v) is 3.06. The minimum atomic E-state index is -0.987. The maximum atomic E-state index is 12.9. The molecule has 1 aliphatic rings. The molecule has 0 atom stereocenters. The largest absolute Gasteiger partial charge is 0.476 e. The number of ether oxygens (including phenoxy) is 2. The van der Waals surface area contributed by atoms with Gasteiger partial charge in [-0.2, -0.15) is 0 Å². The third-order valence-corrected chi connectivity index (χ3v) is 4.35. The summed E-state index contributed by atoms with van der Waals surface area (Å²) in [5.74, 6) is 0.0424. The van der Waals surface area contributed by atoms with Crippen LogP contribution in [0.5, 0.6) is 5.75 Å². The molecule has 0 aliphatic carbocycles. The number of benzene rings is 2. The maximum Gasteiger partial charge on any atom is 0.338 e. The molecule has 0 unspecified atom stereocenters. The van der Waals surface area contributed by atoms with Crippen LogP contribution in [0.1, 0.15) is 36.7 Å². The van der Waals surface area contributed by atoms with E-state index in [-0.39, 0.29) is 11.9 Å². The van der Waals surface area contributed by atoms with Gasteiger partial charge in [-0.25, -0.2) is 4.79 Å². The molecule has 0 spiro atoms. The van der Waals surface area contributed by atoms with Gasteiger partial charge >= 0.3 is 5.97 Å². The molecule has 1 heterocycles. The van der Waals surface area contributed by atoms with Crippen LogP contribution >= 0.6 is 11.6 Å². The molecule has 0 saturated heterocycles. The molecule has 0 N–H and O–H groups in total. The van der Waals surface area contributed by atoms with Crippen molar-refractivity contribution in [3.05, 3.63) is 58.6 Å².